The number of fused-ring (bicyclic) bond motifs is 1. The van der Waals surface area contributed by atoms with E-state index in [0.29, 0.717) is 6.54 Å². The maximum absolute atomic E-state index is 11.7. The first-order valence-corrected chi connectivity index (χ1v) is 5.71. The fourth-order valence-corrected chi connectivity index (χ4v) is 2.22. The van der Waals surface area contributed by atoms with E-state index in [9.17, 15) is 4.79 Å². The third kappa shape index (κ3) is 1.78. The summed E-state index contributed by atoms with van der Waals surface area (Å²) in [4.78, 5) is 21.0. The molecule has 3 N–H and O–H groups in total. The number of H-pyrrole nitrogens is 1. The van der Waals surface area contributed by atoms with Crippen LogP contribution in [0.15, 0.2) is 24.4 Å². The van der Waals surface area contributed by atoms with Crippen molar-refractivity contribution < 1.29 is 4.79 Å². The second kappa shape index (κ2) is 3.85. The third-order valence-corrected chi connectivity index (χ3v) is 3.14. The zero-order valence-electron chi connectivity index (χ0n) is 9.39. The number of hydrogen-bond acceptors (Lipinski definition) is 3. The van der Waals surface area contributed by atoms with Crippen LogP contribution < -0.4 is 5.73 Å². The van der Waals surface area contributed by atoms with Crippen LogP contribution in [-0.4, -0.2) is 33.4 Å². The number of aromatic amines is 1. The normalized spacial score (nSPS) is 20.4. The molecule has 0 radical (unpaired) electrons. The second-order valence-electron chi connectivity index (χ2n) is 4.39. The Bertz CT molecular complexity index is 529. The summed E-state index contributed by atoms with van der Waals surface area (Å²) in [5.74, 6) is 0.0385. The van der Waals surface area contributed by atoms with Crippen LogP contribution in [0.4, 0.5) is 0 Å². The van der Waals surface area contributed by atoms with Gasteiger partial charge in [-0.3, -0.25) is 9.78 Å². The molecule has 3 heterocycles. The van der Waals surface area contributed by atoms with Crippen LogP contribution >= 0.6 is 0 Å². The smallest absolute Gasteiger partial charge is 0.239 e. The number of hydrogen-bond donors (Lipinski definition) is 2. The standard InChI is InChI=1S/C12H14N4O/c13-9-3-5-16(12(9)17)7-8-6-11-10(15-8)2-1-4-14-11/h1-2,4,6,9,15H,3,5,7,13H2/t9-/m0/s1. The monoisotopic (exact) mass is 230 g/mol. The molecule has 0 aromatic carbocycles. The van der Waals surface area contributed by atoms with Crippen LogP contribution in [0.25, 0.3) is 11.0 Å². The number of amides is 1. The van der Waals surface area contributed by atoms with E-state index in [1.807, 2.05) is 18.2 Å². The van der Waals surface area contributed by atoms with Gasteiger partial charge in [0, 0.05) is 18.4 Å². The Balaban J connectivity index is 1.83. The summed E-state index contributed by atoms with van der Waals surface area (Å²) < 4.78 is 0. The van der Waals surface area contributed by atoms with E-state index in [0.717, 1.165) is 29.7 Å². The van der Waals surface area contributed by atoms with Crippen molar-refractivity contribution in [3.05, 3.63) is 30.1 Å². The van der Waals surface area contributed by atoms with Crippen LogP contribution in [0.2, 0.25) is 0 Å². The van der Waals surface area contributed by atoms with Gasteiger partial charge in [0.05, 0.1) is 23.6 Å². The fourth-order valence-electron chi connectivity index (χ4n) is 2.22. The van der Waals surface area contributed by atoms with Crippen molar-refractivity contribution in [2.75, 3.05) is 6.54 Å². The molecule has 2 aromatic rings. The van der Waals surface area contributed by atoms with E-state index in [-0.39, 0.29) is 11.9 Å². The molecular formula is C12H14N4O. The highest BCUT2D eigenvalue weighted by atomic mass is 16.2. The van der Waals surface area contributed by atoms with Crippen molar-refractivity contribution in [1.29, 1.82) is 0 Å². The Labute approximate surface area is 98.6 Å². The van der Waals surface area contributed by atoms with Crippen LogP contribution in [0.5, 0.6) is 0 Å². The quantitative estimate of drug-likeness (QED) is 0.794. The summed E-state index contributed by atoms with van der Waals surface area (Å²) >= 11 is 0. The Morgan fingerprint density at radius 1 is 1.59 bits per heavy atom. The van der Waals surface area contributed by atoms with Gasteiger partial charge in [0.2, 0.25) is 5.91 Å². The highest BCUT2D eigenvalue weighted by Crippen LogP contribution is 2.17. The molecule has 0 unspecified atom stereocenters. The Morgan fingerprint density at radius 2 is 2.47 bits per heavy atom. The van der Waals surface area contributed by atoms with E-state index >= 15 is 0 Å². The fraction of sp³-hybridized carbons (Fsp3) is 0.333. The SMILES string of the molecule is N[C@H]1CCN(Cc2cc3ncccc3[nH]2)C1=O. The summed E-state index contributed by atoms with van der Waals surface area (Å²) in [5.41, 5.74) is 8.61. The molecule has 2 aromatic heterocycles. The molecular weight excluding hydrogens is 216 g/mol. The summed E-state index contributed by atoms with van der Waals surface area (Å²) in [5, 5.41) is 0. The van der Waals surface area contributed by atoms with Crippen molar-refractivity contribution in [3.8, 4) is 0 Å². The molecule has 1 amide bonds. The first-order chi connectivity index (χ1) is 8.24. The number of nitrogens with two attached hydrogens (primary N) is 1. The van der Waals surface area contributed by atoms with Crippen molar-refractivity contribution in [2.45, 2.75) is 19.0 Å². The number of rotatable bonds is 2. The maximum Gasteiger partial charge on any atom is 0.239 e. The van der Waals surface area contributed by atoms with E-state index in [4.69, 9.17) is 5.73 Å². The van der Waals surface area contributed by atoms with Gasteiger partial charge < -0.3 is 15.6 Å². The number of likely N-dealkylation sites (tertiary alicyclic amines) is 1. The lowest BCUT2D eigenvalue weighted by molar-refractivity contribution is -0.129. The highest BCUT2D eigenvalue weighted by Gasteiger charge is 2.28. The van der Waals surface area contributed by atoms with Gasteiger partial charge in [0.15, 0.2) is 0 Å². The Hall–Kier alpha value is -1.88. The van der Waals surface area contributed by atoms with E-state index in [1.54, 1.807) is 11.1 Å². The van der Waals surface area contributed by atoms with Gasteiger partial charge in [-0.15, -0.1) is 0 Å². The molecule has 1 aliphatic rings. The zero-order valence-corrected chi connectivity index (χ0v) is 9.39. The molecule has 0 spiro atoms. The number of pyridine rings is 1. The number of nitrogens with one attached hydrogen (secondary N) is 1. The highest BCUT2D eigenvalue weighted by molar-refractivity contribution is 5.84. The topological polar surface area (TPSA) is 75.0 Å². The average Bonchev–Trinajstić information content (AvgIpc) is 2.87. The summed E-state index contributed by atoms with van der Waals surface area (Å²) in [7, 11) is 0. The van der Waals surface area contributed by atoms with E-state index in [2.05, 4.69) is 9.97 Å². The largest absolute Gasteiger partial charge is 0.356 e. The first-order valence-electron chi connectivity index (χ1n) is 5.71. The minimum absolute atomic E-state index is 0.0385. The summed E-state index contributed by atoms with van der Waals surface area (Å²) in [6, 6.07) is 5.52. The van der Waals surface area contributed by atoms with Crippen molar-refractivity contribution >= 4 is 16.9 Å². The van der Waals surface area contributed by atoms with E-state index < -0.39 is 0 Å². The number of aromatic nitrogens is 2. The maximum atomic E-state index is 11.7. The van der Waals surface area contributed by atoms with Crippen molar-refractivity contribution in [2.24, 2.45) is 5.73 Å². The first kappa shape index (κ1) is 10.3. The molecule has 0 bridgehead atoms. The van der Waals surface area contributed by atoms with Crippen molar-refractivity contribution in [1.82, 2.24) is 14.9 Å². The summed E-state index contributed by atoms with van der Waals surface area (Å²) in [6.45, 7) is 1.33. The molecule has 3 rings (SSSR count). The molecule has 1 atom stereocenters. The van der Waals surface area contributed by atoms with Gasteiger partial charge in [-0.25, -0.2) is 0 Å². The van der Waals surface area contributed by atoms with Gasteiger partial charge in [-0.05, 0) is 24.6 Å². The molecule has 88 valence electrons. The lowest BCUT2D eigenvalue weighted by Gasteiger charge is -2.14. The lowest BCUT2D eigenvalue weighted by Crippen LogP contribution is -2.33. The lowest BCUT2D eigenvalue weighted by atomic mass is 10.3. The molecule has 1 saturated heterocycles. The minimum atomic E-state index is -0.322. The predicted molar refractivity (Wildman–Crippen MR) is 64.1 cm³/mol. The van der Waals surface area contributed by atoms with Gasteiger partial charge in [-0.2, -0.15) is 0 Å². The number of carbonyl (C=O) groups is 1. The van der Waals surface area contributed by atoms with Crippen molar-refractivity contribution in [3.63, 3.8) is 0 Å². The van der Waals surface area contributed by atoms with Crippen LogP contribution in [0.3, 0.4) is 0 Å². The molecule has 0 aliphatic carbocycles. The van der Waals surface area contributed by atoms with Crippen LogP contribution in [-0.2, 0) is 11.3 Å². The second-order valence-corrected chi connectivity index (χ2v) is 4.39. The number of nitrogens with zero attached hydrogens (tertiary/aromatic N) is 2. The van der Waals surface area contributed by atoms with Crippen LogP contribution in [0.1, 0.15) is 12.1 Å². The molecule has 5 heteroatoms. The molecule has 1 fully saturated rings. The average molecular weight is 230 g/mol. The summed E-state index contributed by atoms with van der Waals surface area (Å²) in [6.07, 6.45) is 2.51. The zero-order chi connectivity index (χ0) is 11.8. The minimum Gasteiger partial charge on any atom is -0.356 e. The van der Waals surface area contributed by atoms with Crippen LogP contribution in [0, 0.1) is 0 Å². The Kier molecular flexibility index (Phi) is 2.33. The van der Waals surface area contributed by atoms with Gasteiger partial charge in [-0.1, -0.05) is 0 Å². The van der Waals surface area contributed by atoms with E-state index in [1.165, 1.54) is 0 Å². The predicted octanol–water partition coefficient (Wildman–Crippen LogP) is 0.622. The van der Waals surface area contributed by atoms with Gasteiger partial charge in [0.1, 0.15) is 0 Å². The van der Waals surface area contributed by atoms with Gasteiger partial charge >= 0.3 is 0 Å². The number of carbonyl (C=O) groups excluding carboxylic acids is 1. The van der Waals surface area contributed by atoms with Gasteiger partial charge in [0.25, 0.3) is 0 Å². The Morgan fingerprint density at radius 3 is 3.18 bits per heavy atom. The molecule has 1 aliphatic heterocycles. The third-order valence-electron chi connectivity index (χ3n) is 3.14. The molecule has 5 nitrogen and oxygen atoms in total. The molecule has 17 heavy (non-hydrogen) atoms. The molecule has 0 saturated carbocycles.